The molecule has 0 N–H and O–H groups in total. The number of para-hydroxylation sites is 1. The van der Waals surface area contributed by atoms with Crippen molar-refractivity contribution in [3.63, 3.8) is 0 Å². The van der Waals surface area contributed by atoms with E-state index in [-0.39, 0.29) is 0 Å². The van der Waals surface area contributed by atoms with Crippen molar-refractivity contribution < 1.29 is 0 Å². The zero-order valence-electron chi connectivity index (χ0n) is 21.0. The van der Waals surface area contributed by atoms with E-state index in [0.29, 0.717) is 0 Å². The van der Waals surface area contributed by atoms with Gasteiger partial charge in [-0.3, -0.25) is 0 Å². The second-order valence-corrected chi connectivity index (χ2v) is 16.2. The van der Waals surface area contributed by atoms with Crippen molar-refractivity contribution in [3.05, 3.63) is 140 Å². The Morgan fingerprint density at radius 2 is 1.13 bits per heavy atom. The van der Waals surface area contributed by atoms with Crippen molar-refractivity contribution in [3.8, 4) is 0 Å². The summed E-state index contributed by atoms with van der Waals surface area (Å²) in [6.45, 7) is 0. The number of nitrogens with zero attached hydrogens (tertiary/aromatic N) is 2. The van der Waals surface area contributed by atoms with Gasteiger partial charge < -0.3 is 0 Å². The van der Waals surface area contributed by atoms with Gasteiger partial charge in [-0.25, -0.2) is 0 Å². The fraction of sp³-hybridized carbons (Fsp3) is 0. The van der Waals surface area contributed by atoms with E-state index in [1.165, 1.54) is 48.4 Å². The zero-order chi connectivity index (χ0) is 26.0. The first-order chi connectivity index (χ1) is 19.2. The molecule has 0 saturated heterocycles. The Morgan fingerprint density at radius 1 is 0.487 bits per heavy atom. The number of hydrogen-bond acceptors (Lipinski definition) is 1. The van der Waals surface area contributed by atoms with Crippen LogP contribution in [0.1, 0.15) is 0 Å². The molecular formula is C35H23N2PSe. The summed E-state index contributed by atoms with van der Waals surface area (Å²) in [5, 5.41) is 10.1. The third-order valence-corrected chi connectivity index (χ3v) is 14.8. The first-order valence-electron chi connectivity index (χ1n) is 13.1. The second kappa shape index (κ2) is 8.76. The van der Waals surface area contributed by atoms with Crippen LogP contribution in [0.5, 0.6) is 0 Å². The molecule has 6 aromatic carbocycles. The van der Waals surface area contributed by atoms with Gasteiger partial charge in [0.2, 0.25) is 0 Å². The summed E-state index contributed by atoms with van der Waals surface area (Å²) in [4.78, 5) is 5.27. The fourth-order valence-corrected chi connectivity index (χ4v) is 10.8. The maximum atomic E-state index is 5.27. The number of benzene rings is 6. The van der Waals surface area contributed by atoms with Gasteiger partial charge in [0.15, 0.2) is 0 Å². The summed E-state index contributed by atoms with van der Waals surface area (Å²) in [6.07, 6.45) is 0. The average molecular weight is 582 g/mol. The summed E-state index contributed by atoms with van der Waals surface area (Å²) in [5.74, 6) is 0. The Balaban J connectivity index is 1.44. The standard InChI is InChI=1S/C35H23N2PSe/c39-38(26-12-2-1-3-13-26,27-19-18-24-10-4-5-11-25(24)22-27)28-20-21-34-32(23-28)36-35-31-16-7-6-14-29(31)30-15-8-9-17-33(30)37(34)35/h1-23H. The van der Waals surface area contributed by atoms with Crippen LogP contribution in [0, 0.1) is 0 Å². The topological polar surface area (TPSA) is 17.3 Å². The predicted octanol–water partition coefficient (Wildman–Crippen LogP) is 7.32. The van der Waals surface area contributed by atoms with Crippen molar-refractivity contribution in [2.75, 3.05) is 0 Å². The second-order valence-electron chi connectivity index (χ2n) is 9.98. The van der Waals surface area contributed by atoms with Crippen molar-refractivity contribution in [2.24, 2.45) is 0 Å². The number of pyridine rings is 1. The van der Waals surface area contributed by atoms with Gasteiger partial charge in [-0.1, -0.05) is 0 Å². The van der Waals surface area contributed by atoms with Crippen LogP contribution in [0.2, 0.25) is 0 Å². The van der Waals surface area contributed by atoms with Crippen LogP contribution in [-0.2, 0) is 0 Å². The monoisotopic (exact) mass is 582 g/mol. The molecule has 1 atom stereocenters. The molecule has 1 unspecified atom stereocenters. The Bertz CT molecular complexity index is 2270. The Morgan fingerprint density at radius 3 is 1.97 bits per heavy atom. The molecule has 0 aliphatic rings. The quantitative estimate of drug-likeness (QED) is 0.121. The van der Waals surface area contributed by atoms with Crippen LogP contribution in [0.3, 0.4) is 0 Å². The number of imidazole rings is 1. The van der Waals surface area contributed by atoms with Crippen molar-refractivity contribution in [1.29, 1.82) is 0 Å². The molecule has 0 aliphatic heterocycles. The molecule has 0 spiro atoms. The van der Waals surface area contributed by atoms with Crippen molar-refractivity contribution in [2.45, 2.75) is 0 Å². The molecule has 2 aromatic heterocycles. The fourth-order valence-electron chi connectivity index (χ4n) is 5.96. The van der Waals surface area contributed by atoms with Crippen molar-refractivity contribution >= 4 is 85.6 Å². The normalized spacial score (nSPS) is 13.4. The molecular weight excluding hydrogens is 558 g/mol. The average Bonchev–Trinajstić information content (AvgIpc) is 3.40. The summed E-state index contributed by atoms with van der Waals surface area (Å²) in [7, 11) is 0. The first kappa shape index (κ1) is 22.9. The van der Waals surface area contributed by atoms with E-state index in [2.05, 4.69) is 159 Å². The Hall–Kier alpha value is -4.00. The molecule has 2 nitrogen and oxygen atoms in total. The summed E-state index contributed by atoms with van der Waals surface area (Å²) >= 11 is 3.74. The van der Waals surface area contributed by atoms with Crippen LogP contribution < -0.4 is 15.9 Å². The number of aromatic nitrogens is 2. The van der Waals surface area contributed by atoms with Crippen LogP contribution >= 0.6 is 5.51 Å². The van der Waals surface area contributed by atoms with Gasteiger partial charge >= 0.3 is 235 Å². The van der Waals surface area contributed by atoms with Crippen molar-refractivity contribution in [1.82, 2.24) is 9.38 Å². The van der Waals surface area contributed by atoms with Gasteiger partial charge in [0, 0.05) is 0 Å². The van der Waals surface area contributed by atoms with E-state index in [4.69, 9.17) is 4.98 Å². The molecule has 0 aliphatic carbocycles. The number of fused-ring (bicyclic) bond motifs is 9. The predicted molar refractivity (Wildman–Crippen MR) is 170 cm³/mol. The molecule has 4 heteroatoms. The molecule has 0 amide bonds. The van der Waals surface area contributed by atoms with E-state index in [0.717, 1.165) is 16.7 Å². The minimum atomic E-state index is -2.05. The van der Waals surface area contributed by atoms with Crippen LogP contribution in [-0.4, -0.2) is 24.5 Å². The van der Waals surface area contributed by atoms with E-state index in [9.17, 15) is 0 Å². The molecule has 39 heavy (non-hydrogen) atoms. The third-order valence-electron chi connectivity index (χ3n) is 7.82. The van der Waals surface area contributed by atoms with E-state index in [1.807, 2.05) is 0 Å². The van der Waals surface area contributed by atoms with Crippen LogP contribution in [0.15, 0.2) is 140 Å². The Labute approximate surface area is 233 Å². The van der Waals surface area contributed by atoms with Gasteiger partial charge in [-0.05, 0) is 0 Å². The molecule has 0 radical (unpaired) electrons. The molecule has 0 bridgehead atoms. The summed E-state index contributed by atoms with van der Waals surface area (Å²) < 4.78 is 2.33. The van der Waals surface area contributed by atoms with Crippen LogP contribution in [0.4, 0.5) is 0 Å². The number of rotatable bonds is 3. The summed E-state index contributed by atoms with van der Waals surface area (Å²) in [6, 6.07) is 50.6. The number of hydrogen-bond donors (Lipinski definition) is 0. The molecule has 0 saturated carbocycles. The molecule has 8 rings (SSSR count). The SMILES string of the molecule is [Se]=P(c1ccccc1)(c1ccc2ccccc2c1)c1ccc2c(c1)nc1c3ccccc3c3ccccc3n21. The van der Waals surface area contributed by atoms with Gasteiger partial charge in [-0.15, -0.1) is 0 Å². The summed E-state index contributed by atoms with van der Waals surface area (Å²) in [5.41, 5.74) is 2.29. The zero-order valence-corrected chi connectivity index (χ0v) is 23.6. The molecule has 0 fully saturated rings. The molecule has 2 heterocycles. The van der Waals surface area contributed by atoms with Gasteiger partial charge in [0.25, 0.3) is 0 Å². The van der Waals surface area contributed by atoms with Gasteiger partial charge in [0.05, 0.1) is 0 Å². The van der Waals surface area contributed by atoms with Crippen LogP contribution in [0.25, 0.3) is 49.1 Å². The Kier molecular flexibility index (Phi) is 5.15. The minimum absolute atomic E-state index is 1.01. The van der Waals surface area contributed by atoms with E-state index < -0.39 is 5.51 Å². The third kappa shape index (κ3) is 3.41. The first-order valence-corrected chi connectivity index (χ1v) is 17.1. The molecule has 8 aromatic rings. The molecule has 184 valence electrons. The van der Waals surface area contributed by atoms with E-state index >= 15 is 0 Å². The maximum absolute atomic E-state index is 5.27. The van der Waals surface area contributed by atoms with Gasteiger partial charge in [-0.2, -0.15) is 0 Å². The van der Waals surface area contributed by atoms with Gasteiger partial charge in [0.1, 0.15) is 0 Å². The van der Waals surface area contributed by atoms with E-state index in [1.54, 1.807) is 0 Å².